The third-order valence-corrected chi connectivity index (χ3v) is 7.66. The number of hydrogen-bond donors (Lipinski definition) is 1. The highest BCUT2D eigenvalue weighted by molar-refractivity contribution is 5.80. The van der Waals surface area contributed by atoms with E-state index in [0.29, 0.717) is 5.82 Å². The van der Waals surface area contributed by atoms with E-state index in [1.54, 1.807) is 0 Å². The van der Waals surface area contributed by atoms with Crippen LogP contribution in [0.2, 0.25) is 0 Å². The van der Waals surface area contributed by atoms with Crippen LogP contribution in [-0.2, 0) is 11.3 Å². The second kappa shape index (κ2) is 11.5. The first-order valence-corrected chi connectivity index (χ1v) is 13.4. The molecular weight excluding hydrogens is 448 g/mol. The van der Waals surface area contributed by atoms with Crippen molar-refractivity contribution < 1.29 is 4.79 Å². The highest BCUT2D eigenvalue weighted by Crippen LogP contribution is 2.33. The van der Waals surface area contributed by atoms with Crippen LogP contribution >= 0.6 is 0 Å². The van der Waals surface area contributed by atoms with Crippen molar-refractivity contribution in [1.82, 2.24) is 30.4 Å². The van der Waals surface area contributed by atoms with Crippen molar-refractivity contribution in [2.45, 2.75) is 64.8 Å². The summed E-state index contributed by atoms with van der Waals surface area (Å²) in [6.07, 6.45) is 11.1. The van der Waals surface area contributed by atoms with E-state index in [0.717, 1.165) is 67.2 Å². The van der Waals surface area contributed by atoms with Crippen molar-refractivity contribution in [2.24, 2.45) is 5.92 Å². The van der Waals surface area contributed by atoms with E-state index in [9.17, 15) is 4.79 Å². The molecule has 1 fully saturated rings. The summed E-state index contributed by atoms with van der Waals surface area (Å²) in [6.45, 7) is 4.78. The largest absolute Gasteiger partial charge is 0.351 e. The minimum Gasteiger partial charge on any atom is -0.351 e. The van der Waals surface area contributed by atoms with Crippen molar-refractivity contribution in [3.8, 4) is 22.5 Å². The summed E-state index contributed by atoms with van der Waals surface area (Å²) in [5.41, 5.74) is 6.53. The molecule has 1 aromatic heterocycles. The summed E-state index contributed by atoms with van der Waals surface area (Å²) in [6, 6.07) is 16.9. The summed E-state index contributed by atoms with van der Waals surface area (Å²) >= 11 is 0. The Balaban J connectivity index is 1.30. The molecule has 36 heavy (non-hydrogen) atoms. The number of hydrogen-bond acceptors (Lipinski definition) is 6. The van der Waals surface area contributed by atoms with Crippen LogP contribution in [0.3, 0.4) is 0 Å². The Morgan fingerprint density at radius 2 is 1.78 bits per heavy atom. The molecule has 3 aromatic rings. The van der Waals surface area contributed by atoms with Crippen LogP contribution in [0.4, 0.5) is 0 Å². The molecule has 2 heterocycles. The number of aromatic nitrogens is 4. The average molecular weight is 485 g/mol. The van der Waals surface area contributed by atoms with E-state index in [4.69, 9.17) is 0 Å². The molecule has 2 aromatic carbocycles. The summed E-state index contributed by atoms with van der Waals surface area (Å²) in [5, 5.41) is 14.4. The first-order valence-electron chi connectivity index (χ1n) is 13.4. The lowest BCUT2D eigenvalue weighted by atomic mass is 9.87. The van der Waals surface area contributed by atoms with Crippen molar-refractivity contribution in [2.75, 3.05) is 13.2 Å². The van der Waals surface area contributed by atoms with Crippen LogP contribution in [0.25, 0.3) is 22.5 Å². The molecule has 7 heteroatoms. The van der Waals surface area contributed by atoms with Crippen LogP contribution in [0.5, 0.6) is 0 Å². The fraction of sp³-hybridized carbons (Fsp3) is 0.448. The van der Waals surface area contributed by atoms with Crippen LogP contribution in [0, 0.1) is 5.92 Å². The van der Waals surface area contributed by atoms with Gasteiger partial charge < -0.3 is 9.80 Å². The molecule has 1 N–H and O–H groups in total. The van der Waals surface area contributed by atoms with Gasteiger partial charge in [0.2, 0.25) is 0 Å². The van der Waals surface area contributed by atoms with Gasteiger partial charge in [0, 0.05) is 24.4 Å². The standard InChI is InChI=1S/C29H36N6O/c1-2-8-27-28(20-36)34(18-17-22-9-4-3-5-10-22)21-35(27)19-23-13-15-24(16-14-23)25-11-6-7-12-26(25)29-30-32-33-31-29/h6-7,11-16,20,22H,2-5,8-10,17-19,21H2,1H3,(H,30,31,32,33). The topological polar surface area (TPSA) is 78.0 Å². The molecule has 5 rings (SSSR count). The highest BCUT2D eigenvalue weighted by Gasteiger charge is 2.28. The quantitative estimate of drug-likeness (QED) is 0.367. The van der Waals surface area contributed by atoms with Crippen molar-refractivity contribution in [1.29, 1.82) is 0 Å². The Labute approximate surface area is 213 Å². The van der Waals surface area contributed by atoms with Crippen LogP contribution < -0.4 is 0 Å². The Bertz CT molecular complexity index is 1160. The number of carbonyl (C=O) groups is 1. The van der Waals surface area contributed by atoms with E-state index >= 15 is 0 Å². The van der Waals surface area contributed by atoms with Crippen molar-refractivity contribution >= 4 is 6.29 Å². The summed E-state index contributed by atoms with van der Waals surface area (Å²) in [5.74, 6) is 1.48. The lowest BCUT2D eigenvalue weighted by Crippen LogP contribution is -2.30. The number of nitrogens with one attached hydrogen (secondary N) is 1. The molecule has 188 valence electrons. The molecular formula is C29H36N6O. The van der Waals surface area contributed by atoms with Gasteiger partial charge in [-0.15, -0.1) is 5.10 Å². The second-order valence-electron chi connectivity index (χ2n) is 10.1. The Kier molecular flexibility index (Phi) is 7.74. The highest BCUT2D eigenvalue weighted by atomic mass is 16.1. The van der Waals surface area contributed by atoms with Crippen LogP contribution in [0.1, 0.15) is 63.9 Å². The zero-order chi connectivity index (χ0) is 24.7. The third kappa shape index (κ3) is 5.35. The molecule has 1 saturated carbocycles. The number of benzene rings is 2. The summed E-state index contributed by atoms with van der Waals surface area (Å²) < 4.78 is 0. The predicted octanol–water partition coefficient (Wildman–Crippen LogP) is 5.79. The molecule has 1 aliphatic heterocycles. The van der Waals surface area contributed by atoms with Crippen LogP contribution in [0.15, 0.2) is 59.9 Å². The fourth-order valence-electron chi connectivity index (χ4n) is 5.75. The number of allylic oxidation sites excluding steroid dienone is 2. The smallest absolute Gasteiger partial charge is 0.180 e. The zero-order valence-corrected chi connectivity index (χ0v) is 21.2. The van der Waals surface area contributed by atoms with Crippen molar-refractivity contribution in [3.05, 3.63) is 65.5 Å². The number of carbonyl (C=O) groups excluding carboxylic acids is 1. The molecule has 0 bridgehead atoms. The van der Waals surface area contributed by atoms with E-state index in [-0.39, 0.29) is 0 Å². The first kappa shape index (κ1) is 24.2. The van der Waals surface area contributed by atoms with Gasteiger partial charge in [-0.3, -0.25) is 4.79 Å². The van der Waals surface area contributed by atoms with E-state index in [1.165, 1.54) is 49.8 Å². The van der Waals surface area contributed by atoms with Gasteiger partial charge in [-0.2, -0.15) is 0 Å². The van der Waals surface area contributed by atoms with Gasteiger partial charge in [0.05, 0.1) is 12.4 Å². The Hall–Kier alpha value is -3.48. The molecule has 0 amide bonds. The van der Waals surface area contributed by atoms with Gasteiger partial charge >= 0.3 is 0 Å². The molecule has 0 atom stereocenters. The SMILES string of the molecule is CCCC1=C(C=O)N(CCC2CCCCC2)CN1Cc1ccc(-c2ccccc2-c2nnn[nH]2)cc1. The molecule has 7 nitrogen and oxygen atoms in total. The number of tetrazole rings is 1. The number of aldehydes is 1. The molecule has 0 spiro atoms. The molecule has 2 aliphatic rings. The minimum atomic E-state index is 0.663. The maximum atomic E-state index is 12.1. The molecule has 0 unspecified atom stereocenters. The van der Waals surface area contributed by atoms with E-state index in [2.05, 4.69) is 67.7 Å². The third-order valence-electron chi connectivity index (χ3n) is 7.66. The van der Waals surface area contributed by atoms with Gasteiger partial charge in [0.25, 0.3) is 0 Å². The van der Waals surface area contributed by atoms with Gasteiger partial charge in [-0.05, 0) is 45.9 Å². The summed E-state index contributed by atoms with van der Waals surface area (Å²) in [4.78, 5) is 16.9. The molecule has 0 radical (unpaired) electrons. The summed E-state index contributed by atoms with van der Waals surface area (Å²) in [7, 11) is 0. The second-order valence-corrected chi connectivity index (χ2v) is 10.1. The zero-order valence-electron chi connectivity index (χ0n) is 21.2. The van der Waals surface area contributed by atoms with Crippen molar-refractivity contribution in [3.63, 3.8) is 0 Å². The maximum absolute atomic E-state index is 12.1. The lowest BCUT2D eigenvalue weighted by molar-refractivity contribution is -0.106. The van der Waals surface area contributed by atoms with Crippen LogP contribution in [-0.4, -0.2) is 49.9 Å². The normalized spacial score (nSPS) is 16.7. The maximum Gasteiger partial charge on any atom is 0.180 e. The van der Waals surface area contributed by atoms with Gasteiger partial charge in [-0.1, -0.05) is 94.0 Å². The first-order chi connectivity index (χ1) is 17.8. The number of H-pyrrole nitrogens is 1. The number of nitrogens with zero attached hydrogens (tertiary/aromatic N) is 5. The Morgan fingerprint density at radius 3 is 2.47 bits per heavy atom. The van der Waals surface area contributed by atoms with Gasteiger partial charge in [-0.25, -0.2) is 5.10 Å². The van der Waals surface area contributed by atoms with E-state index < -0.39 is 0 Å². The van der Waals surface area contributed by atoms with Gasteiger partial charge in [0.15, 0.2) is 12.1 Å². The Morgan fingerprint density at radius 1 is 1.00 bits per heavy atom. The van der Waals surface area contributed by atoms with E-state index in [1.807, 2.05) is 18.2 Å². The minimum absolute atomic E-state index is 0.663. The monoisotopic (exact) mass is 484 g/mol. The van der Waals surface area contributed by atoms with Gasteiger partial charge in [0.1, 0.15) is 0 Å². The average Bonchev–Trinajstić information content (AvgIpc) is 3.57. The lowest BCUT2D eigenvalue weighted by Gasteiger charge is -2.27. The fourth-order valence-corrected chi connectivity index (χ4v) is 5.75. The molecule has 0 saturated heterocycles. The number of rotatable bonds is 10. The number of aromatic amines is 1. The molecule has 1 aliphatic carbocycles. The predicted molar refractivity (Wildman–Crippen MR) is 141 cm³/mol.